The summed E-state index contributed by atoms with van der Waals surface area (Å²) in [4.78, 5) is 2.45. The predicted molar refractivity (Wildman–Crippen MR) is 187 cm³/mol. The summed E-state index contributed by atoms with van der Waals surface area (Å²) in [5.41, 5.74) is 0. The van der Waals surface area contributed by atoms with Crippen LogP contribution >= 0.6 is 0 Å². The van der Waals surface area contributed by atoms with Gasteiger partial charge >= 0.3 is 0 Å². The molecule has 0 aromatic rings. The van der Waals surface area contributed by atoms with Crippen molar-refractivity contribution >= 4 is 0 Å². The lowest BCUT2D eigenvalue weighted by Crippen LogP contribution is -2.24. The van der Waals surface area contributed by atoms with Crippen molar-refractivity contribution in [2.24, 2.45) is 0 Å². The number of hydrogen-bond donors (Lipinski definition) is 0. The quantitative estimate of drug-likeness (QED) is 0.0573. The van der Waals surface area contributed by atoms with E-state index >= 15 is 0 Å². The van der Waals surface area contributed by atoms with Gasteiger partial charge in [0.15, 0.2) is 0 Å². The molecular weight excluding hydrogens is 498 g/mol. The first kappa shape index (κ1) is 39.9. The number of hydrogen-bond acceptors (Lipinski definition) is 2. The zero-order valence-corrected chi connectivity index (χ0v) is 28.3. The zero-order valence-electron chi connectivity index (χ0n) is 28.3. The van der Waals surface area contributed by atoms with E-state index in [0.717, 1.165) is 32.6 Å². The third kappa shape index (κ3) is 36.9. The standard InChI is InChI=1S/C39H73NO/c1-4-6-8-10-12-14-16-18-20-22-24-26-28-30-32-34-36-40(3)37-39-41-38-35-33-31-29-27-25-23-21-19-17-15-13-11-9-7-5-2/h12-15,18-21H,4-11,16-17,22-39H2,1-3H3/b14-12-,15-13-,20-18?,21-19-. The van der Waals surface area contributed by atoms with E-state index in [1.807, 2.05) is 0 Å². The molecule has 0 amide bonds. The van der Waals surface area contributed by atoms with Crippen LogP contribution in [0.5, 0.6) is 0 Å². The van der Waals surface area contributed by atoms with Gasteiger partial charge in [0.1, 0.15) is 0 Å². The number of ether oxygens (including phenoxy) is 1. The van der Waals surface area contributed by atoms with E-state index in [4.69, 9.17) is 4.74 Å². The van der Waals surface area contributed by atoms with Crippen molar-refractivity contribution in [1.29, 1.82) is 0 Å². The van der Waals surface area contributed by atoms with Crippen molar-refractivity contribution in [3.8, 4) is 0 Å². The number of allylic oxidation sites excluding steroid dienone is 8. The molecule has 0 radical (unpaired) electrons. The first-order valence-electron chi connectivity index (χ1n) is 18.2. The first-order chi connectivity index (χ1) is 20.3. The lowest BCUT2D eigenvalue weighted by Gasteiger charge is -2.16. The molecule has 0 spiro atoms. The second kappa shape index (κ2) is 36.9. The maximum absolute atomic E-state index is 5.89. The Labute approximate surface area is 259 Å². The van der Waals surface area contributed by atoms with Gasteiger partial charge in [0.25, 0.3) is 0 Å². The van der Waals surface area contributed by atoms with E-state index in [1.54, 1.807) is 0 Å². The minimum absolute atomic E-state index is 0.888. The van der Waals surface area contributed by atoms with Crippen LogP contribution in [-0.2, 0) is 4.74 Å². The largest absolute Gasteiger partial charge is 0.380 e. The maximum Gasteiger partial charge on any atom is 0.0593 e. The minimum atomic E-state index is 0.888. The van der Waals surface area contributed by atoms with E-state index in [-0.39, 0.29) is 0 Å². The van der Waals surface area contributed by atoms with Crippen LogP contribution in [0.4, 0.5) is 0 Å². The predicted octanol–water partition coefficient (Wildman–Crippen LogP) is 12.6. The molecule has 0 atom stereocenters. The highest BCUT2D eigenvalue weighted by molar-refractivity contribution is 4.93. The van der Waals surface area contributed by atoms with Crippen molar-refractivity contribution < 1.29 is 4.74 Å². The Morgan fingerprint density at radius 2 is 0.780 bits per heavy atom. The van der Waals surface area contributed by atoms with Gasteiger partial charge in [-0.25, -0.2) is 0 Å². The lowest BCUT2D eigenvalue weighted by molar-refractivity contribution is 0.107. The van der Waals surface area contributed by atoms with Crippen molar-refractivity contribution in [3.05, 3.63) is 48.6 Å². The Hall–Kier alpha value is -1.12. The Morgan fingerprint density at radius 1 is 0.390 bits per heavy atom. The van der Waals surface area contributed by atoms with E-state index < -0.39 is 0 Å². The van der Waals surface area contributed by atoms with Crippen LogP contribution in [-0.4, -0.2) is 38.3 Å². The van der Waals surface area contributed by atoms with E-state index in [9.17, 15) is 0 Å². The third-order valence-electron chi connectivity index (χ3n) is 7.85. The van der Waals surface area contributed by atoms with Crippen LogP contribution in [0.1, 0.15) is 168 Å². The highest BCUT2D eigenvalue weighted by Gasteiger charge is 1.99. The van der Waals surface area contributed by atoms with Gasteiger partial charge in [-0.05, 0) is 90.6 Å². The van der Waals surface area contributed by atoms with Gasteiger partial charge in [-0.2, -0.15) is 0 Å². The molecule has 0 aliphatic heterocycles. The summed E-state index contributed by atoms with van der Waals surface area (Å²) >= 11 is 0. The fourth-order valence-corrected chi connectivity index (χ4v) is 5.00. The second-order valence-corrected chi connectivity index (χ2v) is 12.1. The molecule has 0 aromatic heterocycles. The van der Waals surface area contributed by atoms with Gasteiger partial charge in [0, 0.05) is 13.2 Å². The van der Waals surface area contributed by atoms with Crippen LogP contribution in [0.3, 0.4) is 0 Å². The van der Waals surface area contributed by atoms with Gasteiger partial charge in [-0.1, -0.05) is 140 Å². The fraction of sp³-hybridized carbons (Fsp3) is 0.795. The molecular formula is C39H73NO. The van der Waals surface area contributed by atoms with Gasteiger partial charge in [-0.15, -0.1) is 0 Å². The van der Waals surface area contributed by atoms with Gasteiger partial charge < -0.3 is 9.64 Å². The molecule has 0 rings (SSSR count). The Bertz CT molecular complexity index is 590. The van der Waals surface area contributed by atoms with Crippen molar-refractivity contribution in [2.45, 2.75) is 168 Å². The number of unbranched alkanes of at least 4 members (excludes halogenated alkanes) is 18. The van der Waals surface area contributed by atoms with Gasteiger partial charge in [0.2, 0.25) is 0 Å². The van der Waals surface area contributed by atoms with E-state index in [0.29, 0.717) is 0 Å². The number of rotatable bonds is 33. The van der Waals surface area contributed by atoms with Gasteiger partial charge in [0.05, 0.1) is 6.61 Å². The summed E-state index contributed by atoms with van der Waals surface area (Å²) in [5.74, 6) is 0. The molecule has 2 nitrogen and oxygen atoms in total. The molecule has 0 saturated heterocycles. The summed E-state index contributed by atoms with van der Waals surface area (Å²) in [6, 6.07) is 0. The molecule has 0 N–H and O–H groups in total. The smallest absolute Gasteiger partial charge is 0.0593 e. The molecule has 0 aliphatic carbocycles. The summed E-state index contributed by atoms with van der Waals surface area (Å²) in [5, 5.41) is 0. The average Bonchev–Trinajstić information content (AvgIpc) is 2.98. The normalized spacial score (nSPS) is 12.5. The molecule has 2 heteroatoms. The first-order valence-corrected chi connectivity index (χ1v) is 18.2. The lowest BCUT2D eigenvalue weighted by atomic mass is 10.1. The van der Waals surface area contributed by atoms with Crippen LogP contribution in [0.15, 0.2) is 48.6 Å². The molecule has 0 heterocycles. The Balaban J connectivity index is 3.27. The zero-order chi connectivity index (χ0) is 29.7. The molecule has 240 valence electrons. The van der Waals surface area contributed by atoms with Crippen LogP contribution in [0, 0.1) is 0 Å². The molecule has 0 aromatic carbocycles. The Kier molecular flexibility index (Phi) is 35.9. The SMILES string of the molecule is CCCCC/C=C\CC=CCCCCCCCCN(C)CCOCCCCCCCC/C=C\C/C=C\CCCCC. The summed E-state index contributed by atoms with van der Waals surface area (Å²) in [6.07, 6.45) is 50.3. The number of nitrogens with zero attached hydrogens (tertiary/aromatic N) is 1. The average molecular weight is 572 g/mol. The van der Waals surface area contributed by atoms with Crippen molar-refractivity contribution in [3.63, 3.8) is 0 Å². The van der Waals surface area contributed by atoms with Crippen molar-refractivity contribution in [2.75, 3.05) is 33.4 Å². The molecule has 0 bridgehead atoms. The van der Waals surface area contributed by atoms with Crippen LogP contribution in [0.25, 0.3) is 0 Å². The van der Waals surface area contributed by atoms with Crippen LogP contribution in [0.2, 0.25) is 0 Å². The maximum atomic E-state index is 5.89. The molecule has 0 saturated carbocycles. The van der Waals surface area contributed by atoms with E-state index in [2.05, 4.69) is 74.4 Å². The highest BCUT2D eigenvalue weighted by Crippen LogP contribution is 2.10. The topological polar surface area (TPSA) is 12.5 Å². The third-order valence-corrected chi connectivity index (χ3v) is 7.85. The molecule has 0 unspecified atom stereocenters. The summed E-state index contributed by atoms with van der Waals surface area (Å²) < 4.78 is 5.89. The highest BCUT2D eigenvalue weighted by atomic mass is 16.5. The fourth-order valence-electron chi connectivity index (χ4n) is 5.00. The van der Waals surface area contributed by atoms with E-state index in [1.165, 1.54) is 148 Å². The summed E-state index contributed by atoms with van der Waals surface area (Å²) in [7, 11) is 2.25. The molecule has 0 fully saturated rings. The van der Waals surface area contributed by atoms with Crippen LogP contribution < -0.4 is 0 Å². The summed E-state index contributed by atoms with van der Waals surface area (Å²) in [6.45, 7) is 8.64. The van der Waals surface area contributed by atoms with Crippen molar-refractivity contribution in [1.82, 2.24) is 4.90 Å². The molecule has 0 aliphatic rings. The molecule has 41 heavy (non-hydrogen) atoms. The Morgan fingerprint density at radius 3 is 1.24 bits per heavy atom. The van der Waals surface area contributed by atoms with Gasteiger partial charge in [-0.3, -0.25) is 0 Å². The second-order valence-electron chi connectivity index (χ2n) is 12.1. The number of likely N-dealkylation sites (N-methyl/N-ethyl adjacent to an activating group) is 1. The monoisotopic (exact) mass is 572 g/mol. The minimum Gasteiger partial charge on any atom is -0.380 e.